The van der Waals surface area contributed by atoms with Crippen molar-refractivity contribution in [2.24, 2.45) is 5.92 Å². The van der Waals surface area contributed by atoms with Crippen LogP contribution in [-0.4, -0.2) is 43.2 Å². The van der Waals surface area contributed by atoms with Crippen LogP contribution in [0.1, 0.15) is 39.2 Å². The predicted molar refractivity (Wildman–Crippen MR) is 99.1 cm³/mol. The van der Waals surface area contributed by atoms with E-state index in [-0.39, 0.29) is 11.3 Å². The topological polar surface area (TPSA) is 32.3 Å². The Bertz CT molecular complexity index is 505. The number of rotatable bonds is 5. The van der Waals surface area contributed by atoms with E-state index in [2.05, 4.69) is 50.4 Å². The summed E-state index contributed by atoms with van der Waals surface area (Å²) in [5.41, 5.74) is 1.51. The lowest BCUT2D eigenvalue weighted by atomic mass is 9.87. The zero-order valence-electron chi connectivity index (χ0n) is 14.9. The van der Waals surface area contributed by atoms with E-state index in [0.717, 1.165) is 26.1 Å². The number of piperidine rings is 1. The summed E-state index contributed by atoms with van der Waals surface area (Å²) >= 11 is 1.65. The van der Waals surface area contributed by atoms with E-state index in [0.29, 0.717) is 11.7 Å². The summed E-state index contributed by atoms with van der Waals surface area (Å²) in [4.78, 5) is 15.7. The van der Waals surface area contributed by atoms with Crippen molar-refractivity contribution < 1.29 is 4.79 Å². The number of hydrogen-bond acceptors (Lipinski definition) is 3. The van der Waals surface area contributed by atoms with E-state index in [4.69, 9.17) is 0 Å². The van der Waals surface area contributed by atoms with Gasteiger partial charge in [0.25, 0.3) is 0 Å². The minimum Gasteiger partial charge on any atom is -0.342 e. The third-order valence-electron chi connectivity index (χ3n) is 4.45. The molecule has 0 aliphatic carbocycles. The molecule has 1 heterocycles. The Balaban J connectivity index is 1.84. The summed E-state index contributed by atoms with van der Waals surface area (Å²) in [5.74, 6) is 1.42. The molecule has 0 saturated carbocycles. The Hall–Kier alpha value is -1.00. The van der Waals surface area contributed by atoms with Crippen molar-refractivity contribution in [3.63, 3.8) is 0 Å². The first-order chi connectivity index (χ1) is 10.9. The highest BCUT2D eigenvalue weighted by molar-refractivity contribution is 8.00. The second kappa shape index (κ2) is 8.20. The third kappa shape index (κ3) is 5.54. The molecule has 0 spiro atoms. The largest absolute Gasteiger partial charge is 0.342 e. The van der Waals surface area contributed by atoms with Crippen LogP contribution in [-0.2, 0) is 10.2 Å². The van der Waals surface area contributed by atoms with Gasteiger partial charge in [-0.25, -0.2) is 0 Å². The molecule has 0 bridgehead atoms. The molecule has 1 amide bonds. The number of nitrogens with zero attached hydrogens (tertiary/aromatic N) is 1. The fourth-order valence-corrected chi connectivity index (χ4v) is 3.84. The zero-order chi connectivity index (χ0) is 16.9. The second-order valence-corrected chi connectivity index (χ2v) is 8.52. The van der Waals surface area contributed by atoms with E-state index >= 15 is 0 Å². The zero-order valence-corrected chi connectivity index (χ0v) is 15.7. The minimum absolute atomic E-state index is 0.176. The number of likely N-dealkylation sites (tertiary alicyclic amines) is 1. The predicted octanol–water partition coefficient (Wildman–Crippen LogP) is 3.53. The smallest absolute Gasteiger partial charge is 0.232 e. The van der Waals surface area contributed by atoms with Gasteiger partial charge in [0, 0.05) is 18.0 Å². The monoisotopic (exact) mass is 334 g/mol. The lowest BCUT2D eigenvalue weighted by Gasteiger charge is -2.32. The van der Waals surface area contributed by atoms with E-state index in [1.807, 2.05) is 11.9 Å². The van der Waals surface area contributed by atoms with E-state index in [9.17, 15) is 4.79 Å². The van der Waals surface area contributed by atoms with Crippen LogP contribution in [0.25, 0.3) is 0 Å². The second-order valence-electron chi connectivity index (χ2n) is 7.47. The van der Waals surface area contributed by atoms with Gasteiger partial charge in [-0.3, -0.25) is 4.79 Å². The molecule has 0 radical (unpaired) electrons. The average molecular weight is 335 g/mol. The SMILES string of the molecule is CNCC1CCCN(C(=O)CSc2ccc(C(C)(C)C)cc2)C1. The molecule has 1 aliphatic rings. The molecule has 1 unspecified atom stereocenters. The normalized spacial score (nSPS) is 19.0. The highest BCUT2D eigenvalue weighted by Crippen LogP contribution is 2.26. The molecule has 1 atom stereocenters. The standard InChI is InChI=1S/C19H30N2OS/c1-19(2,3)16-7-9-17(10-8-16)23-14-18(22)21-11-5-6-15(13-21)12-20-4/h7-10,15,20H,5-6,11-14H2,1-4H3. The highest BCUT2D eigenvalue weighted by atomic mass is 32.2. The maximum atomic E-state index is 12.4. The maximum absolute atomic E-state index is 12.4. The summed E-state index contributed by atoms with van der Waals surface area (Å²) in [7, 11) is 1.98. The lowest BCUT2D eigenvalue weighted by Crippen LogP contribution is -2.43. The van der Waals surface area contributed by atoms with Gasteiger partial charge >= 0.3 is 0 Å². The maximum Gasteiger partial charge on any atom is 0.232 e. The summed E-state index contributed by atoms with van der Waals surface area (Å²) in [5, 5.41) is 3.23. The molecule has 1 N–H and O–H groups in total. The fraction of sp³-hybridized carbons (Fsp3) is 0.632. The van der Waals surface area contributed by atoms with Crippen molar-refractivity contribution in [2.45, 2.75) is 43.9 Å². The van der Waals surface area contributed by atoms with Crippen molar-refractivity contribution in [1.82, 2.24) is 10.2 Å². The van der Waals surface area contributed by atoms with Crippen LogP contribution in [0.2, 0.25) is 0 Å². The summed E-state index contributed by atoms with van der Waals surface area (Å²) < 4.78 is 0. The number of amides is 1. The summed E-state index contributed by atoms with van der Waals surface area (Å²) in [6, 6.07) is 8.63. The first-order valence-corrected chi connectivity index (χ1v) is 9.54. The average Bonchev–Trinajstić information content (AvgIpc) is 2.53. The molecule has 1 aliphatic heterocycles. The first-order valence-electron chi connectivity index (χ1n) is 8.56. The molecule has 2 rings (SSSR count). The van der Waals surface area contributed by atoms with Gasteiger partial charge in [-0.1, -0.05) is 32.9 Å². The van der Waals surface area contributed by atoms with Crippen molar-refractivity contribution in [3.8, 4) is 0 Å². The van der Waals surface area contributed by atoms with Gasteiger partial charge in [0.05, 0.1) is 5.75 Å². The van der Waals surface area contributed by atoms with Crippen molar-refractivity contribution >= 4 is 17.7 Å². The van der Waals surface area contributed by atoms with Crippen LogP contribution >= 0.6 is 11.8 Å². The number of carbonyl (C=O) groups excluding carboxylic acids is 1. The van der Waals surface area contributed by atoms with Crippen molar-refractivity contribution in [1.29, 1.82) is 0 Å². The van der Waals surface area contributed by atoms with E-state index in [1.165, 1.54) is 16.9 Å². The molecule has 1 aromatic rings. The quantitative estimate of drug-likeness (QED) is 0.836. The fourth-order valence-electron chi connectivity index (χ4n) is 3.03. The third-order valence-corrected chi connectivity index (χ3v) is 5.44. The van der Waals surface area contributed by atoms with Gasteiger partial charge in [-0.2, -0.15) is 0 Å². The van der Waals surface area contributed by atoms with Gasteiger partial charge in [0.15, 0.2) is 0 Å². The molecule has 1 aromatic carbocycles. The Labute approximate surface area is 145 Å². The number of thioether (sulfide) groups is 1. The van der Waals surface area contributed by atoms with Crippen LogP contribution in [0.3, 0.4) is 0 Å². The van der Waals surface area contributed by atoms with E-state index < -0.39 is 0 Å². The molecular formula is C19H30N2OS. The molecular weight excluding hydrogens is 304 g/mol. The summed E-state index contributed by atoms with van der Waals surface area (Å²) in [6.45, 7) is 9.49. The van der Waals surface area contributed by atoms with Crippen LogP contribution in [0.4, 0.5) is 0 Å². The summed E-state index contributed by atoms with van der Waals surface area (Å²) in [6.07, 6.45) is 2.36. The number of nitrogens with one attached hydrogen (secondary N) is 1. The van der Waals surface area contributed by atoms with Gasteiger partial charge in [-0.05, 0) is 55.5 Å². The molecule has 4 heteroatoms. The van der Waals surface area contributed by atoms with Gasteiger partial charge in [0.1, 0.15) is 0 Å². The van der Waals surface area contributed by atoms with Crippen molar-refractivity contribution in [3.05, 3.63) is 29.8 Å². The first kappa shape index (κ1) is 18.3. The number of benzene rings is 1. The van der Waals surface area contributed by atoms with E-state index in [1.54, 1.807) is 11.8 Å². The lowest BCUT2D eigenvalue weighted by molar-refractivity contribution is -0.130. The molecule has 3 nitrogen and oxygen atoms in total. The molecule has 1 saturated heterocycles. The Morgan fingerprint density at radius 3 is 2.61 bits per heavy atom. The van der Waals surface area contributed by atoms with Gasteiger partial charge in [-0.15, -0.1) is 11.8 Å². The van der Waals surface area contributed by atoms with Crippen LogP contribution in [0.5, 0.6) is 0 Å². The van der Waals surface area contributed by atoms with Gasteiger partial charge in [0.2, 0.25) is 5.91 Å². The molecule has 0 aromatic heterocycles. The molecule has 23 heavy (non-hydrogen) atoms. The van der Waals surface area contributed by atoms with Crippen molar-refractivity contribution in [2.75, 3.05) is 32.4 Å². The molecule has 128 valence electrons. The highest BCUT2D eigenvalue weighted by Gasteiger charge is 2.23. The number of hydrogen-bond donors (Lipinski definition) is 1. The van der Waals surface area contributed by atoms with Crippen LogP contribution in [0, 0.1) is 5.92 Å². The number of carbonyl (C=O) groups is 1. The van der Waals surface area contributed by atoms with Gasteiger partial charge < -0.3 is 10.2 Å². The minimum atomic E-state index is 0.176. The Morgan fingerprint density at radius 2 is 2.00 bits per heavy atom. The Kier molecular flexibility index (Phi) is 6.54. The van der Waals surface area contributed by atoms with Crippen LogP contribution in [0.15, 0.2) is 29.2 Å². The van der Waals surface area contributed by atoms with Crippen LogP contribution < -0.4 is 5.32 Å². The Morgan fingerprint density at radius 1 is 1.30 bits per heavy atom. The molecule has 1 fully saturated rings.